The molecule has 1 fully saturated rings. The van der Waals surface area contributed by atoms with E-state index >= 15 is 0 Å². The molecule has 0 spiro atoms. The molecule has 5 heteroatoms. The van der Waals surface area contributed by atoms with Gasteiger partial charge in [0.1, 0.15) is 5.75 Å². The minimum absolute atomic E-state index is 0.0281. The zero-order chi connectivity index (χ0) is 19.2. The summed E-state index contributed by atoms with van der Waals surface area (Å²) >= 11 is 1.70. The summed E-state index contributed by atoms with van der Waals surface area (Å²) in [4.78, 5) is 13.8. The molecule has 1 heterocycles. The van der Waals surface area contributed by atoms with Gasteiger partial charge in [-0.25, -0.2) is 0 Å². The minimum Gasteiger partial charge on any atom is -0.493 e. The number of aliphatic hydroxyl groups is 1. The van der Waals surface area contributed by atoms with Crippen LogP contribution in [0.3, 0.4) is 0 Å². The van der Waals surface area contributed by atoms with Crippen LogP contribution in [0.1, 0.15) is 55.5 Å². The molecule has 0 radical (unpaired) electrons. The van der Waals surface area contributed by atoms with Crippen LogP contribution >= 0.6 is 11.3 Å². The van der Waals surface area contributed by atoms with Crippen molar-refractivity contribution in [1.29, 1.82) is 0 Å². The zero-order valence-electron chi connectivity index (χ0n) is 16.1. The highest BCUT2D eigenvalue weighted by Gasteiger charge is 2.45. The Bertz CT molecular complexity index is 714. The Kier molecular flexibility index (Phi) is 6.91. The van der Waals surface area contributed by atoms with E-state index in [0.717, 1.165) is 30.6 Å². The smallest absolute Gasteiger partial charge is 0.224 e. The second-order valence-corrected chi connectivity index (χ2v) is 8.46. The van der Waals surface area contributed by atoms with E-state index in [1.54, 1.807) is 11.3 Å². The molecule has 146 valence electrons. The van der Waals surface area contributed by atoms with Gasteiger partial charge >= 0.3 is 0 Å². The fraction of sp³-hybridized carbons (Fsp3) is 0.500. The van der Waals surface area contributed by atoms with E-state index in [4.69, 9.17) is 4.74 Å². The standard InChI is InChI=1S/C22H29NO3S/c1-3-5-15(2)14-26-17-9-7-16(8-10-17)20(13-24)23-22(25)19-12-18(19)21-6-4-11-27-21/h4,6-11,15,18-20,24H,3,5,12-14H2,1-2H3,(H,23,25)/t15?,18-,19-,20-/m0/s1. The number of nitrogens with one attached hydrogen (secondary N) is 1. The van der Waals surface area contributed by atoms with E-state index < -0.39 is 0 Å². The lowest BCUT2D eigenvalue weighted by atomic mass is 10.1. The van der Waals surface area contributed by atoms with Crippen LogP contribution in [0.5, 0.6) is 5.75 Å². The molecule has 0 bridgehead atoms. The number of rotatable bonds is 10. The van der Waals surface area contributed by atoms with Crippen molar-refractivity contribution in [2.75, 3.05) is 13.2 Å². The first-order valence-electron chi connectivity index (χ1n) is 9.79. The molecule has 1 unspecified atom stereocenters. The highest BCUT2D eigenvalue weighted by molar-refractivity contribution is 7.10. The molecule has 4 nitrogen and oxygen atoms in total. The third-order valence-electron chi connectivity index (χ3n) is 5.13. The van der Waals surface area contributed by atoms with Crippen LogP contribution in [0.2, 0.25) is 0 Å². The molecule has 1 aliphatic carbocycles. The number of amides is 1. The summed E-state index contributed by atoms with van der Waals surface area (Å²) in [6, 6.07) is 11.4. The lowest BCUT2D eigenvalue weighted by Gasteiger charge is -2.18. The monoisotopic (exact) mass is 387 g/mol. The number of hydrogen-bond donors (Lipinski definition) is 2. The molecule has 2 aromatic rings. The number of benzene rings is 1. The lowest BCUT2D eigenvalue weighted by molar-refractivity contribution is -0.123. The first-order chi connectivity index (χ1) is 13.1. The molecule has 1 amide bonds. The van der Waals surface area contributed by atoms with E-state index in [2.05, 4.69) is 25.2 Å². The summed E-state index contributed by atoms with van der Waals surface area (Å²) in [6.45, 7) is 4.96. The molecule has 1 saturated carbocycles. The molecular formula is C22H29NO3S. The van der Waals surface area contributed by atoms with Crippen molar-refractivity contribution in [3.63, 3.8) is 0 Å². The van der Waals surface area contributed by atoms with Gasteiger partial charge < -0.3 is 15.2 Å². The van der Waals surface area contributed by atoms with Crippen molar-refractivity contribution in [1.82, 2.24) is 5.32 Å². The largest absolute Gasteiger partial charge is 0.493 e. The Morgan fingerprint density at radius 1 is 1.33 bits per heavy atom. The summed E-state index contributed by atoms with van der Waals surface area (Å²) in [6.07, 6.45) is 3.22. The summed E-state index contributed by atoms with van der Waals surface area (Å²) < 4.78 is 5.82. The second-order valence-electron chi connectivity index (χ2n) is 7.48. The van der Waals surface area contributed by atoms with Crippen LogP contribution in [0.25, 0.3) is 0 Å². The zero-order valence-corrected chi connectivity index (χ0v) is 16.9. The highest BCUT2D eigenvalue weighted by atomic mass is 32.1. The van der Waals surface area contributed by atoms with Gasteiger partial charge in [0.2, 0.25) is 5.91 Å². The van der Waals surface area contributed by atoms with Gasteiger partial charge in [-0.3, -0.25) is 4.79 Å². The Morgan fingerprint density at radius 2 is 2.11 bits per heavy atom. The maximum Gasteiger partial charge on any atom is 0.224 e. The van der Waals surface area contributed by atoms with Gasteiger partial charge in [-0.15, -0.1) is 11.3 Å². The summed E-state index contributed by atoms with van der Waals surface area (Å²) in [7, 11) is 0. The van der Waals surface area contributed by atoms with Gasteiger partial charge in [-0.1, -0.05) is 38.5 Å². The normalized spacial score (nSPS) is 20.7. The molecular weight excluding hydrogens is 358 g/mol. The maximum atomic E-state index is 12.5. The first-order valence-corrected chi connectivity index (χ1v) is 10.7. The van der Waals surface area contributed by atoms with Crippen LogP contribution in [0.4, 0.5) is 0 Å². The molecule has 0 aliphatic heterocycles. The van der Waals surface area contributed by atoms with E-state index in [-0.39, 0.29) is 24.5 Å². The lowest BCUT2D eigenvalue weighted by Crippen LogP contribution is -2.32. The van der Waals surface area contributed by atoms with Crippen LogP contribution in [0.15, 0.2) is 41.8 Å². The van der Waals surface area contributed by atoms with Crippen LogP contribution in [0, 0.1) is 11.8 Å². The Balaban J connectivity index is 1.52. The van der Waals surface area contributed by atoms with Gasteiger partial charge in [0.25, 0.3) is 0 Å². The number of carbonyl (C=O) groups excluding carboxylic acids is 1. The predicted octanol–water partition coefficient (Wildman–Crippen LogP) is 4.52. The molecule has 2 N–H and O–H groups in total. The fourth-order valence-electron chi connectivity index (χ4n) is 3.43. The number of thiophene rings is 1. The Hall–Kier alpha value is -1.85. The molecule has 27 heavy (non-hydrogen) atoms. The predicted molar refractivity (Wildman–Crippen MR) is 109 cm³/mol. The average Bonchev–Trinajstić information content (AvgIpc) is 3.30. The molecule has 0 saturated heterocycles. The van der Waals surface area contributed by atoms with Crippen molar-refractivity contribution in [2.45, 2.75) is 45.1 Å². The van der Waals surface area contributed by atoms with Crippen molar-refractivity contribution < 1.29 is 14.6 Å². The third-order valence-corrected chi connectivity index (χ3v) is 6.14. The first kappa shape index (κ1) is 19.9. The third kappa shape index (κ3) is 5.33. The van der Waals surface area contributed by atoms with Crippen LogP contribution in [-0.4, -0.2) is 24.2 Å². The van der Waals surface area contributed by atoms with E-state index in [0.29, 0.717) is 18.4 Å². The summed E-state index contributed by atoms with van der Waals surface area (Å²) in [5, 5.41) is 14.8. The summed E-state index contributed by atoms with van der Waals surface area (Å²) in [5.41, 5.74) is 0.896. The van der Waals surface area contributed by atoms with Gasteiger partial charge in [0.15, 0.2) is 0 Å². The van der Waals surface area contributed by atoms with Gasteiger partial charge in [-0.2, -0.15) is 0 Å². The molecule has 3 rings (SSSR count). The SMILES string of the molecule is CCCC(C)COc1ccc([C@H](CO)NC(=O)[C@H]2C[C@@H]2c2cccs2)cc1. The molecule has 1 aromatic heterocycles. The van der Waals surface area contributed by atoms with Crippen molar-refractivity contribution in [3.05, 3.63) is 52.2 Å². The number of carbonyl (C=O) groups is 1. The highest BCUT2D eigenvalue weighted by Crippen LogP contribution is 2.49. The van der Waals surface area contributed by atoms with Gasteiger partial charge in [0.05, 0.1) is 19.3 Å². The van der Waals surface area contributed by atoms with E-state index in [1.165, 1.54) is 4.88 Å². The van der Waals surface area contributed by atoms with Crippen molar-refractivity contribution in [2.24, 2.45) is 11.8 Å². The topological polar surface area (TPSA) is 58.6 Å². The van der Waals surface area contributed by atoms with Gasteiger partial charge in [-0.05, 0) is 47.9 Å². The number of aliphatic hydroxyl groups excluding tert-OH is 1. The van der Waals surface area contributed by atoms with E-state index in [9.17, 15) is 9.90 Å². The molecule has 1 aliphatic rings. The Morgan fingerprint density at radius 3 is 2.74 bits per heavy atom. The summed E-state index contributed by atoms with van der Waals surface area (Å²) in [5.74, 6) is 1.76. The van der Waals surface area contributed by atoms with Crippen molar-refractivity contribution >= 4 is 17.2 Å². The molecule has 1 aromatic carbocycles. The van der Waals surface area contributed by atoms with Gasteiger partial charge in [0, 0.05) is 16.7 Å². The van der Waals surface area contributed by atoms with Crippen molar-refractivity contribution in [3.8, 4) is 5.75 Å². The average molecular weight is 388 g/mol. The maximum absolute atomic E-state index is 12.5. The number of hydrogen-bond acceptors (Lipinski definition) is 4. The second kappa shape index (κ2) is 9.38. The number of ether oxygens (including phenoxy) is 1. The van der Waals surface area contributed by atoms with Crippen LogP contribution < -0.4 is 10.1 Å². The Labute approximate surface area is 165 Å². The van der Waals surface area contributed by atoms with E-state index in [1.807, 2.05) is 35.7 Å². The quantitative estimate of drug-likeness (QED) is 0.630. The molecule has 4 atom stereocenters. The van der Waals surface area contributed by atoms with Crippen LogP contribution in [-0.2, 0) is 4.79 Å². The fourth-order valence-corrected chi connectivity index (χ4v) is 4.33. The minimum atomic E-state index is -0.379.